The van der Waals surface area contributed by atoms with Gasteiger partial charge in [0.25, 0.3) is 5.56 Å². The van der Waals surface area contributed by atoms with Crippen molar-refractivity contribution in [3.8, 4) is 11.4 Å². The van der Waals surface area contributed by atoms with Crippen molar-refractivity contribution in [1.29, 1.82) is 0 Å². The Bertz CT molecular complexity index is 1360. The van der Waals surface area contributed by atoms with Gasteiger partial charge in [-0.2, -0.15) is 0 Å². The van der Waals surface area contributed by atoms with Crippen LogP contribution in [-0.4, -0.2) is 25.0 Å². The van der Waals surface area contributed by atoms with Gasteiger partial charge in [-0.25, -0.2) is 14.6 Å². The fraction of sp³-hybridized carbons (Fsp3) is 0.0952. The van der Waals surface area contributed by atoms with Gasteiger partial charge in [0.2, 0.25) is 0 Å². The lowest BCUT2D eigenvalue weighted by Crippen LogP contribution is -2.23. The van der Waals surface area contributed by atoms with Gasteiger partial charge in [-0.05, 0) is 12.5 Å². The monoisotopic (exact) mass is 385 g/mol. The Labute approximate surface area is 164 Å². The van der Waals surface area contributed by atoms with Gasteiger partial charge in [0.15, 0.2) is 5.82 Å². The minimum Gasteiger partial charge on any atom is -0.266 e. The van der Waals surface area contributed by atoms with Gasteiger partial charge >= 0.3 is 0 Å². The van der Waals surface area contributed by atoms with Crippen LogP contribution in [0.15, 0.2) is 65.5 Å². The van der Waals surface area contributed by atoms with Crippen molar-refractivity contribution < 1.29 is 0 Å². The van der Waals surface area contributed by atoms with Crippen LogP contribution < -0.4 is 5.56 Å². The van der Waals surface area contributed by atoms with E-state index >= 15 is 0 Å². The Kier molecular flexibility index (Phi) is 3.95. The Morgan fingerprint density at radius 2 is 1.68 bits per heavy atom. The number of benzene rings is 2. The van der Waals surface area contributed by atoms with E-state index in [1.807, 2.05) is 67.6 Å². The van der Waals surface area contributed by atoms with Gasteiger partial charge < -0.3 is 0 Å². The predicted octanol–water partition coefficient (Wildman–Crippen LogP) is 3.82. The maximum atomic E-state index is 13.0. The first kappa shape index (κ1) is 16.7. The number of aromatic nitrogens is 5. The molecule has 0 spiro atoms. The third-order valence-corrected chi connectivity index (χ3v) is 5.66. The van der Waals surface area contributed by atoms with Crippen LogP contribution in [-0.2, 0) is 6.54 Å². The molecule has 6 nitrogen and oxygen atoms in total. The zero-order valence-corrected chi connectivity index (χ0v) is 15.8. The van der Waals surface area contributed by atoms with Crippen LogP contribution in [0.3, 0.4) is 0 Å². The van der Waals surface area contributed by atoms with E-state index in [4.69, 9.17) is 0 Å². The molecule has 0 radical (unpaired) electrons. The molecule has 0 aliphatic rings. The van der Waals surface area contributed by atoms with E-state index < -0.39 is 0 Å². The lowest BCUT2D eigenvalue weighted by atomic mass is 10.2. The Balaban J connectivity index is 1.68. The van der Waals surface area contributed by atoms with Gasteiger partial charge in [0, 0.05) is 5.56 Å². The van der Waals surface area contributed by atoms with E-state index in [9.17, 15) is 4.79 Å². The summed E-state index contributed by atoms with van der Waals surface area (Å²) in [6.45, 7) is 2.30. The Morgan fingerprint density at radius 3 is 2.43 bits per heavy atom. The summed E-state index contributed by atoms with van der Waals surface area (Å²) in [7, 11) is 0. The van der Waals surface area contributed by atoms with E-state index in [0.29, 0.717) is 22.6 Å². The first-order valence-electron chi connectivity index (χ1n) is 8.85. The molecule has 0 saturated carbocycles. The van der Waals surface area contributed by atoms with E-state index in [0.717, 1.165) is 27.0 Å². The molecule has 7 heteroatoms. The average molecular weight is 385 g/mol. The Hall–Kier alpha value is -3.45. The number of hydrogen-bond donors (Lipinski definition) is 0. The molecule has 0 aliphatic carbocycles. The fourth-order valence-corrected chi connectivity index (χ4v) is 4.33. The molecule has 5 rings (SSSR count). The van der Waals surface area contributed by atoms with Crippen LogP contribution in [0.2, 0.25) is 0 Å². The molecule has 0 atom stereocenters. The van der Waals surface area contributed by atoms with Gasteiger partial charge in [-0.1, -0.05) is 65.9 Å². The fourth-order valence-electron chi connectivity index (χ4n) is 3.22. The molecule has 136 valence electrons. The first-order chi connectivity index (χ1) is 13.7. The summed E-state index contributed by atoms with van der Waals surface area (Å²) >= 11 is 1.35. The van der Waals surface area contributed by atoms with Crippen molar-refractivity contribution >= 4 is 31.8 Å². The second-order valence-electron chi connectivity index (χ2n) is 6.50. The molecule has 0 saturated heterocycles. The summed E-state index contributed by atoms with van der Waals surface area (Å²) in [5.41, 5.74) is 3.16. The second kappa shape index (κ2) is 6.61. The van der Waals surface area contributed by atoms with Crippen molar-refractivity contribution in [3.63, 3.8) is 0 Å². The van der Waals surface area contributed by atoms with Crippen LogP contribution in [0.4, 0.5) is 0 Å². The smallest absolute Gasteiger partial charge is 0.266 e. The van der Waals surface area contributed by atoms with Gasteiger partial charge in [-0.15, -0.1) is 16.4 Å². The molecule has 0 fully saturated rings. The molecule has 5 aromatic rings. The molecule has 0 amide bonds. The standard InChI is InChI=1S/C21H15N5OS/c1-13-16-17-18(21(27)26(25-24-17)12-14-8-4-2-5-9-14)28-20(16)23-19(22-13)15-10-6-3-7-11-15/h2-11H,12H2,1H3. The van der Waals surface area contributed by atoms with Gasteiger partial charge in [0.1, 0.15) is 15.0 Å². The van der Waals surface area contributed by atoms with Crippen LogP contribution in [0, 0.1) is 6.92 Å². The van der Waals surface area contributed by atoms with Gasteiger partial charge in [-0.3, -0.25) is 4.79 Å². The maximum Gasteiger partial charge on any atom is 0.288 e. The molecular weight excluding hydrogens is 370 g/mol. The summed E-state index contributed by atoms with van der Waals surface area (Å²) < 4.78 is 1.96. The topological polar surface area (TPSA) is 73.6 Å². The zero-order chi connectivity index (χ0) is 19.1. The summed E-state index contributed by atoms with van der Waals surface area (Å²) in [4.78, 5) is 23.1. The van der Waals surface area contributed by atoms with Crippen molar-refractivity contribution in [1.82, 2.24) is 25.0 Å². The third kappa shape index (κ3) is 2.76. The number of nitrogens with zero attached hydrogens (tertiary/aromatic N) is 5. The zero-order valence-electron chi connectivity index (χ0n) is 15.0. The maximum absolute atomic E-state index is 13.0. The van der Waals surface area contributed by atoms with E-state index in [2.05, 4.69) is 20.3 Å². The molecule has 3 aromatic heterocycles. The molecule has 0 aliphatic heterocycles. The summed E-state index contributed by atoms with van der Waals surface area (Å²) in [6, 6.07) is 19.6. The third-order valence-electron chi connectivity index (χ3n) is 4.60. The minimum absolute atomic E-state index is 0.155. The SMILES string of the molecule is Cc1nc(-c2ccccc2)nc2sc3c(=O)n(Cc4ccccc4)nnc3c12. The largest absolute Gasteiger partial charge is 0.288 e. The van der Waals surface area contributed by atoms with Crippen molar-refractivity contribution in [2.75, 3.05) is 0 Å². The Morgan fingerprint density at radius 1 is 0.964 bits per heavy atom. The summed E-state index contributed by atoms with van der Waals surface area (Å²) in [5.74, 6) is 0.648. The van der Waals surface area contributed by atoms with Crippen LogP contribution >= 0.6 is 11.3 Å². The second-order valence-corrected chi connectivity index (χ2v) is 7.50. The highest BCUT2D eigenvalue weighted by molar-refractivity contribution is 7.25. The van der Waals surface area contributed by atoms with E-state index in [1.165, 1.54) is 16.0 Å². The number of hydrogen-bond acceptors (Lipinski definition) is 6. The van der Waals surface area contributed by atoms with Crippen LogP contribution in [0.5, 0.6) is 0 Å². The normalized spacial score (nSPS) is 11.3. The lowest BCUT2D eigenvalue weighted by molar-refractivity contribution is 0.602. The van der Waals surface area contributed by atoms with Crippen molar-refractivity contribution in [3.05, 3.63) is 82.3 Å². The molecule has 2 aromatic carbocycles. The van der Waals surface area contributed by atoms with Crippen LogP contribution in [0.1, 0.15) is 11.3 Å². The lowest BCUT2D eigenvalue weighted by Gasteiger charge is -2.04. The highest BCUT2D eigenvalue weighted by atomic mass is 32.1. The number of thiophene rings is 1. The minimum atomic E-state index is -0.155. The van der Waals surface area contributed by atoms with Gasteiger partial charge in [0.05, 0.1) is 17.6 Å². The number of aryl methyl sites for hydroxylation is 1. The molecular formula is C21H15N5OS. The first-order valence-corrected chi connectivity index (χ1v) is 9.66. The highest BCUT2D eigenvalue weighted by Crippen LogP contribution is 2.32. The molecule has 0 N–H and O–H groups in total. The molecule has 0 unspecified atom stereocenters. The molecule has 3 heterocycles. The van der Waals surface area contributed by atoms with Crippen LogP contribution in [0.25, 0.3) is 31.8 Å². The average Bonchev–Trinajstić information content (AvgIpc) is 3.11. The van der Waals surface area contributed by atoms with Crippen molar-refractivity contribution in [2.45, 2.75) is 13.5 Å². The predicted molar refractivity (Wildman–Crippen MR) is 110 cm³/mol. The number of fused-ring (bicyclic) bond motifs is 3. The quantitative estimate of drug-likeness (QED) is 0.472. The van der Waals surface area contributed by atoms with E-state index in [-0.39, 0.29) is 5.56 Å². The highest BCUT2D eigenvalue weighted by Gasteiger charge is 2.17. The summed E-state index contributed by atoms with van der Waals surface area (Å²) in [5, 5.41) is 9.29. The number of rotatable bonds is 3. The van der Waals surface area contributed by atoms with Crippen molar-refractivity contribution in [2.24, 2.45) is 0 Å². The molecule has 0 bridgehead atoms. The van der Waals surface area contributed by atoms with E-state index in [1.54, 1.807) is 0 Å². The summed E-state index contributed by atoms with van der Waals surface area (Å²) in [6.07, 6.45) is 0. The molecule has 28 heavy (non-hydrogen) atoms.